The van der Waals surface area contributed by atoms with E-state index in [1.165, 1.54) is 22.3 Å². The number of allylic oxidation sites excluding steroid dienone is 1. The number of hydrogen-bond donors (Lipinski definition) is 0. The molecule has 0 N–H and O–H groups in total. The van der Waals surface area contributed by atoms with Gasteiger partial charge in [-0.25, -0.2) is 0 Å². The van der Waals surface area contributed by atoms with Gasteiger partial charge in [-0.2, -0.15) is 0 Å². The second-order valence-electron chi connectivity index (χ2n) is 4.66. The third kappa shape index (κ3) is 1.63. The van der Waals surface area contributed by atoms with Gasteiger partial charge in [-0.15, -0.1) is 6.58 Å². The maximum atomic E-state index is 5.34. The van der Waals surface area contributed by atoms with Gasteiger partial charge in [-0.05, 0) is 40.8 Å². The Hall–Kier alpha value is -2.02. The van der Waals surface area contributed by atoms with Crippen molar-refractivity contribution in [1.82, 2.24) is 0 Å². The molecule has 1 aliphatic rings. The first kappa shape index (κ1) is 11.1. The molecule has 0 saturated carbocycles. The summed E-state index contributed by atoms with van der Waals surface area (Å²) in [5.74, 6) is 1.31. The Morgan fingerprint density at radius 1 is 1.17 bits per heavy atom. The first-order valence-electron chi connectivity index (χ1n) is 6.22. The van der Waals surface area contributed by atoms with Crippen LogP contribution in [-0.4, -0.2) is 7.11 Å². The van der Waals surface area contributed by atoms with Crippen LogP contribution in [-0.2, 0) is 6.42 Å². The quantitative estimate of drug-likeness (QED) is 0.710. The van der Waals surface area contributed by atoms with E-state index < -0.39 is 0 Å². The molecule has 18 heavy (non-hydrogen) atoms. The third-order valence-electron chi connectivity index (χ3n) is 3.69. The van der Waals surface area contributed by atoms with E-state index in [4.69, 9.17) is 4.74 Å². The van der Waals surface area contributed by atoms with E-state index in [-0.39, 0.29) is 0 Å². The summed E-state index contributed by atoms with van der Waals surface area (Å²) in [6, 6.07) is 14.9. The highest BCUT2D eigenvalue weighted by molar-refractivity contribution is 5.75. The van der Waals surface area contributed by atoms with Gasteiger partial charge >= 0.3 is 0 Å². The van der Waals surface area contributed by atoms with Crippen molar-refractivity contribution in [2.45, 2.75) is 12.3 Å². The second kappa shape index (κ2) is 4.34. The minimum absolute atomic E-state index is 0.404. The molecule has 1 nitrogen and oxygen atoms in total. The Bertz CT molecular complexity index is 598. The van der Waals surface area contributed by atoms with E-state index in [9.17, 15) is 0 Å². The maximum absolute atomic E-state index is 5.34. The molecule has 3 rings (SSSR count). The van der Waals surface area contributed by atoms with E-state index in [0.717, 1.165) is 12.2 Å². The van der Waals surface area contributed by atoms with Gasteiger partial charge in [-0.1, -0.05) is 36.4 Å². The SMILES string of the molecule is C=CC1Cc2ccccc2-c2cc(OC)ccc21. The number of fused-ring (bicyclic) bond motifs is 3. The van der Waals surface area contributed by atoms with Crippen LogP contribution in [0.4, 0.5) is 0 Å². The van der Waals surface area contributed by atoms with Crippen molar-refractivity contribution in [2.24, 2.45) is 0 Å². The van der Waals surface area contributed by atoms with Crippen LogP contribution < -0.4 is 4.74 Å². The van der Waals surface area contributed by atoms with Crippen LogP contribution in [0.2, 0.25) is 0 Å². The summed E-state index contributed by atoms with van der Waals surface area (Å²) < 4.78 is 5.34. The fourth-order valence-electron chi connectivity index (χ4n) is 2.74. The van der Waals surface area contributed by atoms with Crippen LogP contribution >= 0.6 is 0 Å². The zero-order valence-corrected chi connectivity index (χ0v) is 10.5. The molecule has 0 bridgehead atoms. The fourth-order valence-corrected chi connectivity index (χ4v) is 2.74. The average molecular weight is 236 g/mol. The molecule has 0 heterocycles. The Kier molecular flexibility index (Phi) is 2.67. The standard InChI is InChI=1S/C17H16O/c1-3-12-10-13-6-4-5-7-15(13)17-11-14(18-2)8-9-16(12)17/h3-9,11-12H,1,10H2,2H3. The topological polar surface area (TPSA) is 9.23 Å². The molecular formula is C17H16O. The lowest BCUT2D eigenvalue weighted by atomic mass is 9.79. The molecule has 0 radical (unpaired) electrons. The van der Waals surface area contributed by atoms with Crippen molar-refractivity contribution in [2.75, 3.05) is 7.11 Å². The number of hydrogen-bond acceptors (Lipinski definition) is 1. The first-order valence-corrected chi connectivity index (χ1v) is 6.22. The fraction of sp³-hybridized carbons (Fsp3) is 0.176. The summed E-state index contributed by atoms with van der Waals surface area (Å²) >= 11 is 0. The first-order chi connectivity index (χ1) is 8.83. The Morgan fingerprint density at radius 3 is 2.78 bits per heavy atom. The lowest BCUT2D eigenvalue weighted by Gasteiger charge is -2.26. The molecule has 0 spiro atoms. The second-order valence-corrected chi connectivity index (χ2v) is 4.66. The van der Waals surface area contributed by atoms with Gasteiger partial charge in [-0.3, -0.25) is 0 Å². The zero-order valence-electron chi connectivity index (χ0n) is 10.5. The van der Waals surface area contributed by atoms with Gasteiger partial charge in [0.25, 0.3) is 0 Å². The van der Waals surface area contributed by atoms with Gasteiger partial charge in [0.2, 0.25) is 0 Å². The molecule has 0 aliphatic heterocycles. The minimum atomic E-state index is 0.404. The maximum Gasteiger partial charge on any atom is 0.119 e. The van der Waals surface area contributed by atoms with E-state index in [2.05, 4.69) is 43.0 Å². The Morgan fingerprint density at radius 2 is 2.00 bits per heavy atom. The molecule has 2 aromatic rings. The van der Waals surface area contributed by atoms with Gasteiger partial charge < -0.3 is 4.74 Å². The lowest BCUT2D eigenvalue weighted by molar-refractivity contribution is 0.414. The van der Waals surface area contributed by atoms with Gasteiger partial charge in [0.1, 0.15) is 5.75 Å². The molecule has 1 unspecified atom stereocenters. The van der Waals surface area contributed by atoms with Crippen LogP contribution in [0, 0.1) is 0 Å². The number of ether oxygens (including phenoxy) is 1. The van der Waals surface area contributed by atoms with Crippen molar-refractivity contribution < 1.29 is 4.74 Å². The highest BCUT2D eigenvalue weighted by Gasteiger charge is 2.22. The number of methoxy groups -OCH3 is 1. The molecule has 0 aromatic heterocycles. The summed E-state index contributed by atoms with van der Waals surface area (Å²) in [4.78, 5) is 0. The predicted octanol–water partition coefficient (Wildman–Crippen LogP) is 4.19. The largest absolute Gasteiger partial charge is 0.497 e. The van der Waals surface area contributed by atoms with Crippen molar-refractivity contribution in [3.63, 3.8) is 0 Å². The number of rotatable bonds is 2. The monoisotopic (exact) mass is 236 g/mol. The van der Waals surface area contributed by atoms with E-state index >= 15 is 0 Å². The molecule has 90 valence electrons. The summed E-state index contributed by atoms with van der Waals surface area (Å²) in [6.07, 6.45) is 3.08. The highest BCUT2D eigenvalue weighted by atomic mass is 16.5. The molecule has 1 heteroatoms. The van der Waals surface area contributed by atoms with Crippen LogP contribution in [0.5, 0.6) is 5.75 Å². The summed E-state index contributed by atoms with van der Waals surface area (Å²) in [5, 5.41) is 0. The molecule has 0 fully saturated rings. The average Bonchev–Trinajstić information content (AvgIpc) is 2.45. The predicted molar refractivity (Wildman–Crippen MR) is 75.1 cm³/mol. The third-order valence-corrected chi connectivity index (χ3v) is 3.69. The van der Waals surface area contributed by atoms with Crippen molar-refractivity contribution >= 4 is 0 Å². The van der Waals surface area contributed by atoms with Crippen molar-refractivity contribution in [3.05, 3.63) is 66.2 Å². The number of benzene rings is 2. The van der Waals surface area contributed by atoms with E-state index in [1.54, 1.807) is 7.11 Å². The van der Waals surface area contributed by atoms with Crippen molar-refractivity contribution in [3.8, 4) is 16.9 Å². The molecule has 1 aliphatic carbocycles. The van der Waals surface area contributed by atoms with E-state index in [1.807, 2.05) is 12.1 Å². The lowest BCUT2D eigenvalue weighted by Crippen LogP contribution is -2.09. The molecular weight excluding hydrogens is 220 g/mol. The van der Waals surface area contributed by atoms with E-state index in [0.29, 0.717) is 5.92 Å². The van der Waals surface area contributed by atoms with Crippen LogP contribution in [0.1, 0.15) is 17.0 Å². The van der Waals surface area contributed by atoms with Gasteiger partial charge in [0.05, 0.1) is 7.11 Å². The van der Waals surface area contributed by atoms with Gasteiger partial charge in [0, 0.05) is 5.92 Å². The smallest absolute Gasteiger partial charge is 0.119 e. The minimum Gasteiger partial charge on any atom is -0.497 e. The molecule has 2 aromatic carbocycles. The highest BCUT2D eigenvalue weighted by Crippen LogP contribution is 2.41. The summed E-state index contributed by atoms with van der Waals surface area (Å²) in [5.41, 5.74) is 5.35. The van der Waals surface area contributed by atoms with Gasteiger partial charge in [0.15, 0.2) is 0 Å². The zero-order chi connectivity index (χ0) is 12.5. The van der Waals surface area contributed by atoms with Crippen LogP contribution in [0.25, 0.3) is 11.1 Å². The molecule has 0 saturated heterocycles. The Balaban J connectivity index is 2.25. The normalized spacial score (nSPS) is 16.6. The van der Waals surface area contributed by atoms with Crippen molar-refractivity contribution in [1.29, 1.82) is 0 Å². The Labute approximate surface area is 108 Å². The molecule has 1 atom stereocenters. The van der Waals surface area contributed by atoms with Crippen LogP contribution in [0.3, 0.4) is 0 Å². The summed E-state index contributed by atoms with van der Waals surface area (Å²) in [7, 11) is 1.71. The van der Waals surface area contributed by atoms with Crippen LogP contribution in [0.15, 0.2) is 55.1 Å². The summed E-state index contributed by atoms with van der Waals surface area (Å²) in [6.45, 7) is 3.97. The molecule has 0 amide bonds.